The molecule has 0 radical (unpaired) electrons. The van der Waals surface area contributed by atoms with E-state index in [1.807, 2.05) is 31.3 Å². The van der Waals surface area contributed by atoms with Crippen molar-refractivity contribution in [2.45, 2.75) is 18.9 Å². The molecule has 1 fully saturated rings. The fourth-order valence-electron chi connectivity index (χ4n) is 1.61. The second-order valence-electron chi connectivity index (χ2n) is 4.76. The van der Waals surface area contributed by atoms with E-state index in [0.29, 0.717) is 0 Å². The van der Waals surface area contributed by atoms with Crippen LogP contribution in [0.25, 0.3) is 0 Å². The van der Waals surface area contributed by atoms with Crippen molar-refractivity contribution in [2.75, 3.05) is 44.0 Å². The first kappa shape index (κ1) is 12.1. The van der Waals surface area contributed by atoms with Gasteiger partial charge in [-0.05, 0) is 18.9 Å². The van der Waals surface area contributed by atoms with Crippen LogP contribution in [0.5, 0.6) is 0 Å². The molecule has 5 nitrogen and oxygen atoms in total. The Morgan fingerprint density at radius 2 is 2.12 bits per heavy atom. The average molecular weight is 235 g/mol. The highest BCUT2D eigenvalue weighted by molar-refractivity contribution is 5.42. The van der Waals surface area contributed by atoms with Gasteiger partial charge in [0.05, 0.1) is 0 Å². The molecule has 17 heavy (non-hydrogen) atoms. The lowest BCUT2D eigenvalue weighted by Gasteiger charge is -2.20. The average Bonchev–Trinajstić information content (AvgIpc) is 3.13. The molecule has 94 valence electrons. The fraction of sp³-hybridized carbons (Fsp3) is 0.667. The van der Waals surface area contributed by atoms with Gasteiger partial charge in [0.25, 0.3) is 0 Å². The molecule has 1 aliphatic rings. The van der Waals surface area contributed by atoms with E-state index in [4.69, 9.17) is 0 Å². The Morgan fingerprint density at radius 1 is 1.35 bits per heavy atom. The van der Waals surface area contributed by atoms with Gasteiger partial charge in [0, 0.05) is 46.5 Å². The Labute approximate surface area is 103 Å². The highest BCUT2D eigenvalue weighted by Gasteiger charge is 2.19. The molecule has 0 amide bonds. The van der Waals surface area contributed by atoms with Gasteiger partial charge in [-0.2, -0.15) is 4.98 Å². The summed E-state index contributed by atoms with van der Waals surface area (Å²) >= 11 is 0. The number of rotatable bonds is 6. The zero-order valence-electron chi connectivity index (χ0n) is 10.8. The Bertz CT molecular complexity index is 362. The Balaban J connectivity index is 1.87. The lowest BCUT2D eigenvalue weighted by atomic mass is 10.4. The molecule has 0 spiro atoms. The Kier molecular flexibility index (Phi) is 3.78. The van der Waals surface area contributed by atoms with Gasteiger partial charge < -0.3 is 15.1 Å². The molecule has 0 atom stereocenters. The molecule has 0 bridgehead atoms. The molecule has 0 aliphatic heterocycles. The van der Waals surface area contributed by atoms with Crippen LogP contribution in [0.4, 0.5) is 11.8 Å². The summed E-state index contributed by atoms with van der Waals surface area (Å²) in [6.45, 7) is 1.99. The monoisotopic (exact) mass is 235 g/mol. The van der Waals surface area contributed by atoms with Gasteiger partial charge >= 0.3 is 0 Å². The minimum Gasteiger partial charge on any atom is -0.358 e. The van der Waals surface area contributed by atoms with Crippen molar-refractivity contribution in [3.8, 4) is 0 Å². The molecule has 1 N–H and O–H groups in total. The van der Waals surface area contributed by atoms with E-state index < -0.39 is 0 Å². The van der Waals surface area contributed by atoms with Crippen molar-refractivity contribution in [1.29, 1.82) is 0 Å². The minimum absolute atomic E-state index is 0.754. The molecule has 1 aliphatic carbocycles. The first-order valence-corrected chi connectivity index (χ1v) is 6.11. The molecule has 0 aromatic carbocycles. The summed E-state index contributed by atoms with van der Waals surface area (Å²) in [6.07, 6.45) is 4.48. The lowest BCUT2D eigenvalue weighted by molar-refractivity contribution is 0.672. The second-order valence-corrected chi connectivity index (χ2v) is 4.76. The highest BCUT2D eigenvalue weighted by atomic mass is 15.3. The molecular weight excluding hydrogens is 214 g/mol. The fourth-order valence-corrected chi connectivity index (χ4v) is 1.61. The normalized spacial score (nSPS) is 14.8. The van der Waals surface area contributed by atoms with Crippen LogP contribution in [0.3, 0.4) is 0 Å². The van der Waals surface area contributed by atoms with E-state index in [9.17, 15) is 0 Å². The zero-order chi connectivity index (χ0) is 12.3. The van der Waals surface area contributed by atoms with Crippen molar-refractivity contribution in [3.63, 3.8) is 0 Å². The van der Waals surface area contributed by atoms with Gasteiger partial charge in [0.2, 0.25) is 5.95 Å². The molecule has 1 aromatic rings. The van der Waals surface area contributed by atoms with E-state index in [1.54, 1.807) is 0 Å². The molecular formula is C12H21N5. The quantitative estimate of drug-likeness (QED) is 0.787. The van der Waals surface area contributed by atoms with Crippen molar-refractivity contribution in [3.05, 3.63) is 12.3 Å². The minimum atomic E-state index is 0.754. The first-order chi connectivity index (χ1) is 8.16. The third kappa shape index (κ3) is 3.56. The van der Waals surface area contributed by atoms with Gasteiger partial charge in [-0.15, -0.1) is 0 Å². The molecule has 0 saturated heterocycles. The number of likely N-dealkylation sites (N-methyl/N-ethyl adjacent to an activating group) is 1. The summed E-state index contributed by atoms with van der Waals surface area (Å²) in [6, 6.07) is 2.72. The Hall–Kier alpha value is -1.36. The van der Waals surface area contributed by atoms with E-state index in [-0.39, 0.29) is 0 Å². The number of nitrogens with zero attached hydrogens (tertiary/aromatic N) is 4. The first-order valence-electron chi connectivity index (χ1n) is 6.11. The number of hydrogen-bond donors (Lipinski definition) is 1. The van der Waals surface area contributed by atoms with E-state index in [1.165, 1.54) is 12.8 Å². The largest absolute Gasteiger partial charge is 0.358 e. The summed E-state index contributed by atoms with van der Waals surface area (Å²) in [4.78, 5) is 12.8. The second kappa shape index (κ2) is 5.31. The van der Waals surface area contributed by atoms with Gasteiger partial charge in [0.1, 0.15) is 5.82 Å². The van der Waals surface area contributed by atoms with Crippen LogP contribution in [-0.4, -0.2) is 50.2 Å². The van der Waals surface area contributed by atoms with Crippen LogP contribution in [-0.2, 0) is 0 Å². The molecule has 2 rings (SSSR count). The molecule has 0 unspecified atom stereocenters. The predicted molar refractivity (Wildman–Crippen MR) is 70.7 cm³/mol. The van der Waals surface area contributed by atoms with E-state index in [0.717, 1.165) is 30.9 Å². The van der Waals surface area contributed by atoms with Crippen molar-refractivity contribution in [1.82, 2.24) is 15.3 Å². The third-order valence-corrected chi connectivity index (χ3v) is 2.88. The van der Waals surface area contributed by atoms with Gasteiger partial charge in [-0.1, -0.05) is 0 Å². The summed E-state index contributed by atoms with van der Waals surface area (Å²) in [7, 11) is 5.97. The molecule has 5 heteroatoms. The van der Waals surface area contributed by atoms with Crippen LogP contribution in [0.15, 0.2) is 12.3 Å². The van der Waals surface area contributed by atoms with Crippen LogP contribution in [0.1, 0.15) is 12.8 Å². The summed E-state index contributed by atoms with van der Waals surface area (Å²) in [5.41, 5.74) is 0. The molecule has 1 aromatic heterocycles. The maximum absolute atomic E-state index is 4.50. The summed E-state index contributed by atoms with van der Waals surface area (Å²) in [5, 5.41) is 3.50. The maximum atomic E-state index is 4.50. The topological polar surface area (TPSA) is 44.3 Å². The van der Waals surface area contributed by atoms with Crippen LogP contribution < -0.4 is 15.1 Å². The maximum Gasteiger partial charge on any atom is 0.226 e. The summed E-state index contributed by atoms with van der Waals surface area (Å²) in [5.74, 6) is 1.73. The van der Waals surface area contributed by atoms with Crippen molar-refractivity contribution < 1.29 is 0 Å². The smallest absolute Gasteiger partial charge is 0.226 e. The van der Waals surface area contributed by atoms with Crippen LogP contribution in [0.2, 0.25) is 0 Å². The lowest BCUT2D eigenvalue weighted by Crippen LogP contribution is -2.31. The zero-order valence-corrected chi connectivity index (χ0v) is 10.8. The Morgan fingerprint density at radius 3 is 2.76 bits per heavy atom. The standard InChI is InChI=1S/C12H21N5/c1-16(2)12-14-7-6-11(15-12)17(3)9-8-13-10-4-5-10/h6-7,10,13H,4-5,8-9H2,1-3H3. The molecule has 1 heterocycles. The summed E-state index contributed by atoms with van der Waals surface area (Å²) < 4.78 is 0. The number of nitrogens with one attached hydrogen (secondary N) is 1. The van der Waals surface area contributed by atoms with Crippen molar-refractivity contribution in [2.24, 2.45) is 0 Å². The van der Waals surface area contributed by atoms with Gasteiger partial charge in [0.15, 0.2) is 0 Å². The third-order valence-electron chi connectivity index (χ3n) is 2.88. The van der Waals surface area contributed by atoms with Gasteiger partial charge in [-0.3, -0.25) is 0 Å². The number of hydrogen-bond acceptors (Lipinski definition) is 5. The van der Waals surface area contributed by atoms with Gasteiger partial charge in [-0.25, -0.2) is 4.98 Å². The van der Waals surface area contributed by atoms with Crippen LogP contribution >= 0.6 is 0 Å². The van der Waals surface area contributed by atoms with E-state index in [2.05, 4.69) is 27.2 Å². The SMILES string of the molecule is CN(C)c1nccc(N(C)CCNC2CC2)n1. The van der Waals surface area contributed by atoms with Crippen LogP contribution in [0, 0.1) is 0 Å². The predicted octanol–water partition coefficient (Wildman–Crippen LogP) is 0.731. The van der Waals surface area contributed by atoms with Crippen molar-refractivity contribution >= 4 is 11.8 Å². The highest BCUT2D eigenvalue weighted by Crippen LogP contribution is 2.18. The van der Waals surface area contributed by atoms with E-state index >= 15 is 0 Å². The number of anilines is 2. The number of aromatic nitrogens is 2. The molecule has 1 saturated carbocycles.